The molecule has 1 aliphatic carbocycles. The summed E-state index contributed by atoms with van der Waals surface area (Å²) in [6.07, 6.45) is 5.62. The number of nitrogens with zero attached hydrogens (tertiary/aromatic N) is 2. The molecule has 0 unspecified atom stereocenters. The maximum absolute atomic E-state index is 12.8. The number of rotatable bonds is 8. The predicted octanol–water partition coefficient (Wildman–Crippen LogP) is 4.81. The number of hydroxylamine groups is 1. The average Bonchev–Trinajstić information content (AvgIpc) is 3.39. The summed E-state index contributed by atoms with van der Waals surface area (Å²) in [4.78, 5) is 29.3. The Morgan fingerprint density at radius 1 is 1.20 bits per heavy atom. The van der Waals surface area contributed by atoms with Gasteiger partial charge in [0, 0.05) is 27.7 Å². The molecule has 0 atom stereocenters. The molecule has 3 aromatic rings. The molecule has 4 rings (SSSR count). The van der Waals surface area contributed by atoms with Crippen LogP contribution in [0, 0.1) is 19.6 Å². The molecular weight excluding hydrogens is 499 g/mol. The fraction of sp³-hybridized carbons (Fsp3) is 0.190. The van der Waals surface area contributed by atoms with Gasteiger partial charge in [0.05, 0.1) is 22.8 Å². The summed E-state index contributed by atoms with van der Waals surface area (Å²) in [6, 6.07) is 14.1. The number of halogens is 1. The van der Waals surface area contributed by atoms with E-state index < -0.39 is 10.8 Å². The first-order valence-corrected chi connectivity index (χ1v) is 10.5. The molecule has 1 fully saturated rings. The van der Waals surface area contributed by atoms with Gasteiger partial charge >= 0.3 is 0 Å². The van der Waals surface area contributed by atoms with E-state index in [0.29, 0.717) is 23.9 Å². The molecule has 0 bridgehead atoms. The van der Waals surface area contributed by atoms with Crippen LogP contribution in [0.3, 0.4) is 0 Å². The van der Waals surface area contributed by atoms with E-state index >= 15 is 0 Å². The van der Waals surface area contributed by atoms with Crippen LogP contribution < -0.4 is 10.8 Å². The van der Waals surface area contributed by atoms with Crippen LogP contribution in [-0.4, -0.2) is 22.0 Å². The highest BCUT2D eigenvalue weighted by atomic mass is 127. The molecule has 1 aromatic heterocycles. The number of nitrogens with one attached hydrogen (secondary N) is 2. The van der Waals surface area contributed by atoms with Crippen molar-refractivity contribution in [2.75, 3.05) is 11.9 Å². The van der Waals surface area contributed by atoms with Gasteiger partial charge in [-0.2, -0.15) is 0 Å². The second-order valence-electron chi connectivity index (χ2n) is 7.05. The number of amides is 1. The van der Waals surface area contributed by atoms with Crippen molar-refractivity contribution in [3.05, 3.63) is 80.2 Å². The van der Waals surface area contributed by atoms with E-state index in [-0.39, 0.29) is 11.3 Å². The van der Waals surface area contributed by atoms with Crippen LogP contribution in [0.5, 0.6) is 0 Å². The monoisotopic (exact) mass is 518 g/mol. The van der Waals surface area contributed by atoms with Crippen molar-refractivity contribution >= 4 is 45.6 Å². The van der Waals surface area contributed by atoms with E-state index in [1.54, 1.807) is 35.2 Å². The number of benzene rings is 2. The number of aromatic nitrogens is 1. The minimum atomic E-state index is -0.536. The van der Waals surface area contributed by atoms with Gasteiger partial charge in [0.1, 0.15) is 5.69 Å². The Morgan fingerprint density at radius 3 is 2.53 bits per heavy atom. The van der Waals surface area contributed by atoms with E-state index in [1.807, 2.05) is 24.3 Å². The summed E-state index contributed by atoms with van der Waals surface area (Å²) < 4.78 is 2.71. The van der Waals surface area contributed by atoms with E-state index in [0.717, 1.165) is 22.1 Å². The van der Waals surface area contributed by atoms with Crippen molar-refractivity contribution in [1.82, 2.24) is 10.0 Å². The lowest BCUT2D eigenvalue weighted by Gasteiger charge is -2.15. The second-order valence-corrected chi connectivity index (χ2v) is 8.30. The lowest BCUT2D eigenvalue weighted by molar-refractivity contribution is -0.384. The Morgan fingerprint density at radius 2 is 1.90 bits per heavy atom. The third-order valence-electron chi connectivity index (χ3n) is 4.74. The van der Waals surface area contributed by atoms with Gasteiger partial charge in [-0.25, -0.2) is 5.48 Å². The predicted molar refractivity (Wildman–Crippen MR) is 121 cm³/mol. The van der Waals surface area contributed by atoms with Crippen molar-refractivity contribution in [3.63, 3.8) is 0 Å². The van der Waals surface area contributed by atoms with Crippen molar-refractivity contribution in [1.29, 1.82) is 0 Å². The number of nitro groups is 1. The van der Waals surface area contributed by atoms with Crippen LogP contribution in [0.4, 0.5) is 17.1 Å². The van der Waals surface area contributed by atoms with Gasteiger partial charge in [0.15, 0.2) is 0 Å². The first-order valence-electron chi connectivity index (χ1n) is 9.42. The summed E-state index contributed by atoms with van der Waals surface area (Å²) in [5.74, 6) is -0.0639. The third-order valence-corrected chi connectivity index (χ3v) is 5.46. The molecule has 1 amide bonds. The van der Waals surface area contributed by atoms with E-state index in [4.69, 9.17) is 4.84 Å². The van der Waals surface area contributed by atoms with Gasteiger partial charge in [-0.05, 0) is 83.8 Å². The first kappa shape index (κ1) is 20.4. The summed E-state index contributed by atoms with van der Waals surface area (Å²) in [6.45, 7) is 0.440. The van der Waals surface area contributed by atoms with Crippen LogP contribution in [0.15, 0.2) is 60.9 Å². The van der Waals surface area contributed by atoms with Gasteiger partial charge in [-0.15, -0.1) is 0 Å². The topological polar surface area (TPSA) is 98.4 Å². The summed E-state index contributed by atoms with van der Waals surface area (Å²) >= 11 is 2.21. The first-order chi connectivity index (χ1) is 14.5. The number of hydrogen-bond donors (Lipinski definition) is 2. The van der Waals surface area contributed by atoms with Crippen molar-refractivity contribution in [3.8, 4) is 5.69 Å². The number of nitro benzene ring substituents is 1. The molecule has 0 spiro atoms. The van der Waals surface area contributed by atoms with Gasteiger partial charge in [-0.1, -0.05) is 0 Å². The van der Waals surface area contributed by atoms with Crippen LogP contribution in [0.2, 0.25) is 0 Å². The normalized spacial score (nSPS) is 13.1. The molecule has 1 saturated carbocycles. The van der Waals surface area contributed by atoms with Crippen molar-refractivity contribution in [2.24, 2.45) is 5.92 Å². The Bertz CT molecular complexity index is 1060. The highest BCUT2D eigenvalue weighted by Crippen LogP contribution is 2.33. The van der Waals surface area contributed by atoms with Crippen molar-refractivity contribution < 1.29 is 14.6 Å². The SMILES string of the molecule is O=C(NOCC1CC1)c1cc([N+](=O)[O-])c(-n2cccc2)cc1Nc1ccc(I)cc1. The molecule has 30 heavy (non-hydrogen) atoms. The Kier molecular flexibility index (Phi) is 6.00. The summed E-state index contributed by atoms with van der Waals surface area (Å²) in [5.41, 5.74) is 3.93. The fourth-order valence-corrected chi connectivity index (χ4v) is 3.33. The second kappa shape index (κ2) is 8.84. The molecule has 0 radical (unpaired) electrons. The lowest BCUT2D eigenvalue weighted by atomic mass is 10.1. The quantitative estimate of drug-likeness (QED) is 0.254. The highest BCUT2D eigenvalue weighted by Gasteiger charge is 2.25. The molecule has 2 N–H and O–H groups in total. The number of carbonyl (C=O) groups is 1. The van der Waals surface area contributed by atoms with E-state index in [9.17, 15) is 14.9 Å². The molecule has 9 heteroatoms. The molecule has 2 aromatic carbocycles. The Labute approximate surface area is 186 Å². The molecule has 8 nitrogen and oxygen atoms in total. The minimum absolute atomic E-state index is 0.131. The van der Waals surface area contributed by atoms with Crippen LogP contribution in [0.25, 0.3) is 5.69 Å². The molecule has 1 aliphatic rings. The van der Waals surface area contributed by atoms with Gasteiger partial charge in [-0.3, -0.25) is 19.7 Å². The highest BCUT2D eigenvalue weighted by molar-refractivity contribution is 14.1. The number of hydrogen-bond acceptors (Lipinski definition) is 5. The number of anilines is 2. The van der Waals surface area contributed by atoms with Crippen molar-refractivity contribution in [2.45, 2.75) is 12.8 Å². The Balaban J connectivity index is 1.72. The number of carbonyl (C=O) groups excluding carboxylic acids is 1. The molecule has 1 heterocycles. The zero-order valence-electron chi connectivity index (χ0n) is 15.9. The van der Waals surface area contributed by atoms with Crippen LogP contribution in [0.1, 0.15) is 23.2 Å². The third kappa shape index (κ3) is 4.79. The fourth-order valence-electron chi connectivity index (χ4n) is 2.97. The maximum atomic E-state index is 12.8. The summed E-state index contributed by atoms with van der Waals surface area (Å²) in [7, 11) is 0. The average molecular weight is 518 g/mol. The molecule has 154 valence electrons. The standard InChI is InChI=1S/C21H19IN4O4/c22-15-5-7-16(8-6-15)23-18-12-19(25-9-1-2-10-25)20(26(28)29)11-17(18)21(27)24-30-13-14-3-4-14/h1-2,5-12,14,23H,3-4,13H2,(H,24,27). The molecule has 0 saturated heterocycles. The van der Waals surface area contributed by atoms with Gasteiger partial charge in [0.2, 0.25) is 0 Å². The lowest BCUT2D eigenvalue weighted by Crippen LogP contribution is -2.25. The summed E-state index contributed by atoms with van der Waals surface area (Å²) in [5, 5.41) is 14.9. The molecular formula is C21H19IN4O4. The van der Waals surface area contributed by atoms with Crippen LogP contribution in [-0.2, 0) is 4.84 Å². The minimum Gasteiger partial charge on any atom is -0.355 e. The van der Waals surface area contributed by atoms with Gasteiger partial charge in [0.25, 0.3) is 11.6 Å². The largest absolute Gasteiger partial charge is 0.355 e. The molecule has 0 aliphatic heterocycles. The zero-order chi connectivity index (χ0) is 21.1. The van der Waals surface area contributed by atoms with Gasteiger partial charge < -0.3 is 9.88 Å². The maximum Gasteiger partial charge on any atom is 0.294 e. The van der Waals surface area contributed by atoms with Crippen LogP contribution >= 0.6 is 22.6 Å². The van der Waals surface area contributed by atoms with E-state index in [2.05, 4.69) is 33.4 Å². The van der Waals surface area contributed by atoms with E-state index in [1.165, 1.54) is 6.07 Å². The Hall–Kier alpha value is -2.92. The zero-order valence-corrected chi connectivity index (χ0v) is 18.0. The smallest absolute Gasteiger partial charge is 0.294 e.